The molecule has 1 saturated heterocycles. The smallest absolute Gasteiger partial charge is 0.507 e. The third kappa shape index (κ3) is 7.94. The lowest BCUT2D eigenvalue weighted by Crippen LogP contribution is -2.42. The van der Waals surface area contributed by atoms with Gasteiger partial charge in [-0.05, 0) is 30.5 Å². The molecule has 1 aromatic carbocycles. The van der Waals surface area contributed by atoms with Gasteiger partial charge in [-0.15, -0.1) is 0 Å². The van der Waals surface area contributed by atoms with Crippen LogP contribution in [0.1, 0.15) is 49.9 Å². The van der Waals surface area contributed by atoms with Gasteiger partial charge in [-0.1, -0.05) is 37.0 Å². The molecule has 0 aromatic heterocycles. The van der Waals surface area contributed by atoms with E-state index in [2.05, 4.69) is 10.1 Å². The molecular weight excluding hydrogens is 504 g/mol. The van der Waals surface area contributed by atoms with Crippen molar-refractivity contribution in [3.05, 3.63) is 33.8 Å². The lowest BCUT2D eigenvalue weighted by Gasteiger charge is -2.24. The van der Waals surface area contributed by atoms with Crippen LogP contribution >= 0.6 is 23.2 Å². The highest BCUT2D eigenvalue weighted by Crippen LogP contribution is 2.38. The number of hydrogen-bond acceptors (Lipinski definition) is 8. The highest BCUT2D eigenvalue weighted by molar-refractivity contribution is 6.51. The first kappa shape index (κ1) is 28.6. The fraction of sp³-hybridized carbons (Fsp3) is 0.500. The number of nitrogens with one attached hydrogen (secondary N) is 1. The summed E-state index contributed by atoms with van der Waals surface area (Å²) in [6, 6.07) is 4.36. The Morgan fingerprint density at radius 3 is 2.49 bits per heavy atom. The van der Waals surface area contributed by atoms with E-state index in [1.807, 2.05) is 13.8 Å². The van der Waals surface area contributed by atoms with Gasteiger partial charge in [0.25, 0.3) is 5.91 Å². The Labute approximate surface area is 212 Å². The van der Waals surface area contributed by atoms with Crippen molar-refractivity contribution >= 4 is 59.9 Å². The molecule has 13 heteroatoms. The molecule has 0 aliphatic carbocycles. The minimum atomic E-state index is -2.06. The molecule has 0 unspecified atom stereocenters. The van der Waals surface area contributed by atoms with Crippen LogP contribution in [-0.2, 0) is 33.2 Å². The Morgan fingerprint density at radius 2 is 1.89 bits per heavy atom. The number of carbonyl (C=O) groups excluding carboxylic acids is 4. The van der Waals surface area contributed by atoms with Crippen LogP contribution in [0.2, 0.25) is 15.9 Å². The number of esters is 1. The number of aliphatic carboxylic acids is 1. The Morgan fingerprint density at radius 1 is 1.20 bits per heavy atom. The van der Waals surface area contributed by atoms with E-state index >= 15 is 0 Å². The molecule has 0 radical (unpaired) electrons. The molecule has 1 fully saturated rings. The van der Waals surface area contributed by atoms with Crippen LogP contribution in [0.5, 0.6) is 0 Å². The van der Waals surface area contributed by atoms with Crippen LogP contribution < -0.4 is 5.32 Å². The van der Waals surface area contributed by atoms with Gasteiger partial charge in [0.05, 0.1) is 37.1 Å². The van der Waals surface area contributed by atoms with E-state index in [1.54, 1.807) is 0 Å². The van der Waals surface area contributed by atoms with Gasteiger partial charge >= 0.3 is 25.0 Å². The van der Waals surface area contributed by atoms with Crippen LogP contribution in [0.25, 0.3) is 0 Å². The van der Waals surface area contributed by atoms with Gasteiger partial charge in [0.15, 0.2) is 11.4 Å². The first-order valence-corrected chi connectivity index (χ1v) is 11.5. The van der Waals surface area contributed by atoms with Crippen LogP contribution in [0.3, 0.4) is 0 Å². The van der Waals surface area contributed by atoms with Gasteiger partial charge in [0.1, 0.15) is 0 Å². The number of ketones is 1. The number of ether oxygens (including phenoxy) is 1. The topological polar surface area (TPSA) is 145 Å². The largest absolute Gasteiger partial charge is 0.531 e. The SMILES string of the molecule is COC(=O)C[C@]1(CC(=O)O)OB([C@@H](CC(=O)CNC(=O)c2cc(Cl)ccc2Cl)CC(C)C)OC1=O. The highest BCUT2D eigenvalue weighted by atomic mass is 35.5. The Bertz CT molecular complexity index is 1000. The summed E-state index contributed by atoms with van der Waals surface area (Å²) in [6.45, 7) is 3.44. The summed E-state index contributed by atoms with van der Waals surface area (Å²) in [5.74, 6) is -4.79. The van der Waals surface area contributed by atoms with E-state index in [4.69, 9.17) is 32.5 Å². The maximum atomic E-state index is 12.7. The van der Waals surface area contributed by atoms with Crippen molar-refractivity contribution in [3.8, 4) is 0 Å². The number of carboxylic acids is 1. The Balaban J connectivity index is 2.12. The van der Waals surface area contributed by atoms with Crippen LogP contribution in [-0.4, -0.2) is 61.1 Å². The second-order valence-corrected chi connectivity index (χ2v) is 9.49. The predicted octanol–water partition coefficient (Wildman–Crippen LogP) is 2.94. The molecule has 1 aliphatic heterocycles. The molecule has 1 aliphatic rings. The van der Waals surface area contributed by atoms with Gasteiger partial charge in [0, 0.05) is 17.3 Å². The first-order chi connectivity index (χ1) is 16.4. The zero-order valence-corrected chi connectivity index (χ0v) is 21.0. The molecule has 2 N–H and O–H groups in total. The van der Waals surface area contributed by atoms with Crippen LogP contribution in [0.15, 0.2) is 18.2 Å². The zero-order chi connectivity index (χ0) is 26.3. The monoisotopic (exact) mass is 529 g/mol. The fourth-order valence-electron chi connectivity index (χ4n) is 3.75. The second-order valence-electron chi connectivity index (χ2n) is 8.65. The summed E-state index contributed by atoms with van der Waals surface area (Å²) in [5.41, 5.74) is -1.95. The van der Waals surface area contributed by atoms with Crippen molar-refractivity contribution in [2.24, 2.45) is 5.92 Å². The van der Waals surface area contributed by atoms with Gasteiger partial charge in [0.2, 0.25) is 0 Å². The van der Waals surface area contributed by atoms with Crippen molar-refractivity contribution < 1.29 is 43.1 Å². The summed E-state index contributed by atoms with van der Waals surface area (Å²) < 4.78 is 15.6. The lowest BCUT2D eigenvalue weighted by molar-refractivity contribution is -0.159. The number of carbonyl (C=O) groups is 5. The number of amides is 1. The van der Waals surface area contributed by atoms with E-state index < -0.39 is 55.2 Å². The number of hydrogen-bond donors (Lipinski definition) is 2. The summed E-state index contributed by atoms with van der Waals surface area (Å²) in [4.78, 5) is 60.9. The molecular formula is C22H26BCl2NO9. The van der Waals surface area contributed by atoms with Crippen molar-refractivity contribution in [2.45, 2.75) is 50.9 Å². The number of benzene rings is 1. The molecule has 0 spiro atoms. The Hall–Kier alpha value is -2.63. The third-order valence-electron chi connectivity index (χ3n) is 5.30. The lowest BCUT2D eigenvalue weighted by atomic mass is 9.65. The number of methoxy groups -OCH3 is 1. The van der Waals surface area contributed by atoms with Crippen LogP contribution in [0, 0.1) is 5.92 Å². The minimum Gasteiger partial charge on any atom is -0.507 e. The van der Waals surface area contributed by atoms with Gasteiger partial charge < -0.3 is 24.5 Å². The van der Waals surface area contributed by atoms with E-state index in [1.165, 1.54) is 18.2 Å². The molecule has 10 nitrogen and oxygen atoms in total. The van der Waals surface area contributed by atoms with E-state index in [-0.39, 0.29) is 35.3 Å². The third-order valence-corrected chi connectivity index (χ3v) is 5.86. The van der Waals surface area contributed by atoms with E-state index in [0.717, 1.165) is 7.11 Å². The normalized spacial score (nSPS) is 18.2. The van der Waals surface area contributed by atoms with Crippen LogP contribution in [0.4, 0.5) is 0 Å². The molecule has 0 saturated carbocycles. The average molecular weight is 530 g/mol. The molecule has 1 heterocycles. The van der Waals surface area contributed by atoms with Crippen molar-refractivity contribution in [1.82, 2.24) is 5.32 Å². The van der Waals surface area contributed by atoms with E-state index in [9.17, 15) is 29.1 Å². The van der Waals surface area contributed by atoms with Gasteiger partial charge in [-0.2, -0.15) is 0 Å². The average Bonchev–Trinajstić information content (AvgIpc) is 3.07. The Kier molecular flexibility index (Phi) is 10.1. The molecule has 0 bridgehead atoms. The molecule has 35 heavy (non-hydrogen) atoms. The van der Waals surface area contributed by atoms with Gasteiger partial charge in [-0.25, -0.2) is 0 Å². The second kappa shape index (κ2) is 12.4. The van der Waals surface area contributed by atoms with Crippen molar-refractivity contribution in [3.63, 3.8) is 0 Å². The summed E-state index contributed by atoms with van der Waals surface area (Å²) in [5, 5.41) is 12.2. The summed E-state index contributed by atoms with van der Waals surface area (Å²) in [6.07, 6.45) is -1.21. The maximum absolute atomic E-state index is 12.7. The maximum Gasteiger partial charge on any atom is 0.531 e. The number of Topliss-reactive ketones (excluding diaryl/α,β-unsaturated/α-hetero) is 1. The molecule has 2 rings (SSSR count). The minimum absolute atomic E-state index is 0.0602. The van der Waals surface area contributed by atoms with Crippen molar-refractivity contribution in [1.29, 1.82) is 0 Å². The molecule has 1 aromatic rings. The van der Waals surface area contributed by atoms with E-state index in [0.29, 0.717) is 11.4 Å². The fourth-order valence-corrected chi connectivity index (χ4v) is 4.12. The first-order valence-electron chi connectivity index (χ1n) is 10.8. The quantitative estimate of drug-likeness (QED) is 0.308. The number of carboxylic acid groups (broad SMARTS) is 1. The zero-order valence-electron chi connectivity index (χ0n) is 19.5. The summed E-state index contributed by atoms with van der Waals surface area (Å²) >= 11 is 11.9. The summed E-state index contributed by atoms with van der Waals surface area (Å²) in [7, 11) is -0.157. The number of rotatable bonds is 12. The standard InChI is InChI=1S/C22H26BCl2NO9/c1-12(2)6-13(7-15(27)11-26-20(31)16-8-14(24)4-5-17(16)25)23-34-21(32)22(35-23,9-18(28)29)10-19(30)33-3/h4-5,8,12-13H,6-7,9-11H2,1-3H3,(H,26,31)(H,28,29)/t13-,22+/m1/s1. The van der Waals surface area contributed by atoms with Gasteiger partial charge in [-0.3, -0.25) is 24.0 Å². The highest BCUT2D eigenvalue weighted by Gasteiger charge is 2.57. The molecule has 1 amide bonds. The molecule has 2 atom stereocenters. The number of halogens is 2. The predicted molar refractivity (Wildman–Crippen MR) is 126 cm³/mol. The van der Waals surface area contributed by atoms with Crippen molar-refractivity contribution in [2.75, 3.05) is 13.7 Å². The molecule has 190 valence electrons.